The predicted molar refractivity (Wildman–Crippen MR) is 97.8 cm³/mol. The number of nitrogens with one attached hydrogen (secondary N) is 1. The van der Waals surface area contributed by atoms with Crippen molar-refractivity contribution in [1.29, 1.82) is 0 Å². The molecule has 1 fully saturated rings. The number of hydrogen-bond donors (Lipinski definition) is 2. The van der Waals surface area contributed by atoms with Crippen LogP contribution in [0.3, 0.4) is 0 Å². The van der Waals surface area contributed by atoms with Gasteiger partial charge in [-0.25, -0.2) is 8.42 Å². The second kappa shape index (κ2) is 8.80. The van der Waals surface area contributed by atoms with Gasteiger partial charge in [0.05, 0.1) is 10.9 Å². The monoisotopic (exact) mass is 375 g/mol. The molecule has 1 aliphatic carbocycles. The molecule has 8 heteroatoms. The Morgan fingerprint density at radius 1 is 1.29 bits per heavy atom. The van der Waals surface area contributed by atoms with Crippen LogP contribution in [-0.4, -0.2) is 37.8 Å². The number of halogens is 1. The molecule has 0 radical (unpaired) electrons. The van der Waals surface area contributed by atoms with E-state index >= 15 is 0 Å². The number of benzene rings is 1. The molecule has 0 unspecified atom stereocenters. The van der Waals surface area contributed by atoms with Crippen molar-refractivity contribution in [3.8, 4) is 0 Å². The third-order valence-electron chi connectivity index (χ3n) is 4.28. The van der Waals surface area contributed by atoms with E-state index in [0.717, 1.165) is 25.7 Å². The molecule has 0 saturated heterocycles. The maximum atomic E-state index is 12.8. The maximum Gasteiger partial charge on any atom is 0.243 e. The molecule has 2 rings (SSSR count). The summed E-state index contributed by atoms with van der Waals surface area (Å²) in [5, 5.41) is 2.63. The highest BCUT2D eigenvalue weighted by Crippen LogP contribution is 2.27. The van der Waals surface area contributed by atoms with Gasteiger partial charge in [0.1, 0.15) is 0 Å². The topological polar surface area (TPSA) is 92.5 Å². The van der Waals surface area contributed by atoms with Crippen LogP contribution >= 0.6 is 12.4 Å². The molecule has 0 heterocycles. The minimum absolute atomic E-state index is 0. The average molecular weight is 376 g/mol. The highest BCUT2D eigenvalue weighted by molar-refractivity contribution is 7.89. The van der Waals surface area contributed by atoms with E-state index in [1.165, 1.54) is 16.8 Å². The van der Waals surface area contributed by atoms with E-state index in [2.05, 4.69) is 5.32 Å². The Morgan fingerprint density at radius 2 is 1.92 bits per heavy atom. The molecule has 24 heavy (non-hydrogen) atoms. The van der Waals surface area contributed by atoms with Gasteiger partial charge in [0.15, 0.2) is 0 Å². The highest BCUT2D eigenvalue weighted by atomic mass is 35.5. The molecule has 0 aromatic heterocycles. The minimum Gasteiger partial charge on any atom is -0.325 e. The Bertz CT molecular complexity index is 658. The molecular weight excluding hydrogens is 350 g/mol. The van der Waals surface area contributed by atoms with Gasteiger partial charge in [-0.3, -0.25) is 4.79 Å². The van der Waals surface area contributed by atoms with Crippen molar-refractivity contribution in [3.05, 3.63) is 24.3 Å². The molecule has 1 aliphatic rings. The Kier molecular flexibility index (Phi) is 7.66. The molecule has 1 amide bonds. The molecule has 0 spiro atoms. The minimum atomic E-state index is -3.57. The van der Waals surface area contributed by atoms with Crippen LogP contribution in [0.5, 0.6) is 0 Å². The molecule has 0 aliphatic heterocycles. The van der Waals surface area contributed by atoms with Gasteiger partial charge in [0, 0.05) is 18.8 Å². The van der Waals surface area contributed by atoms with Crippen LogP contribution in [0.25, 0.3) is 0 Å². The molecule has 136 valence electrons. The summed E-state index contributed by atoms with van der Waals surface area (Å²) in [5.74, 6) is -0.347. The Morgan fingerprint density at radius 3 is 2.50 bits per heavy atom. The standard InChI is InChI=1S/C16H25N3O3S.ClH/c1-12(17)16(20)18-13-7-6-10-15(11-13)23(21,22)19(2)14-8-4-3-5-9-14;/h6-7,10-12,14H,3-5,8-9,17H2,1-2H3,(H,18,20);1H/t12-;/m1./s1. The zero-order valence-corrected chi connectivity index (χ0v) is 15.7. The molecule has 3 N–H and O–H groups in total. The van der Waals surface area contributed by atoms with E-state index in [4.69, 9.17) is 5.73 Å². The van der Waals surface area contributed by atoms with Crippen molar-refractivity contribution in [2.24, 2.45) is 5.73 Å². The lowest BCUT2D eigenvalue weighted by Gasteiger charge is -2.30. The van der Waals surface area contributed by atoms with Crippen molar-refractivity contribution in [2.45, 2.75) is 56.0 Å². The van der Waals surface area contributed by atoms with Gasteiger partial charge in [-0.05, 0) is 38.0 Å². The molecule has 1 aromatic rings. The largest absolute Gasteiger partial charge is 0.325 e. The number of carbonyl (C=O) groups excluding carboxylic acids is 1. The van der Waals surface area contributed by atoms with Crippen molar-refractivity contribution >= 4 is 34.0 Å². The maximum absolute atomic E-state index is 12.8. The summed E-state index contributed by atoms with van der Waals surface area (Å²) in [6.07, 6.45) is 5.10. The van der Waals surface area contributed by atoms with E-state index < -0.39 is 16.1 Å². The van der Waals surface area contributed by atoms with Crippen LogP contribution in [0.1, 0.15) is 39.0 Å². The number of anilines is 1. The van der Waals surface area contributed by atoms with Crippen LogP contribution in [0.2, 0.25) is 0 Å². The smallest absolute Gasteiger partial charge is 0.243 e. The van der Waals surface area contributed by atoms with Crippen LogP contribution in [0, 0.1) is 0 Å². The third kappa shape index (κ3) is 4.92. The quantitative estimate of drug-likeness (QED) is 0.826. The van der Waals surface area contributed by atoms with E-state index in [9.17, 15) is 13.2 Å². The first-order valence-electron chi connectivity index (χ1n) is 7.97. The summed E-state index contributed by atoms with van der Waals surface area (Å²) in [4.78, 5) is 11.8. The van der Waals surface area contributed by atoms with Gasteiger partial charge in [-0.1, -0.05) is 25.3 Å². The van der Waals surface area contributed by atoms with E-state index in [0.29, 0.717) is 5.69 Å². The van der Waals surface area contributed by atoms with E-state index in [-0.39, 0.29) is 29.3 Å². The molecule has 1 atom stereocenters. The second-order valence-electron chi connectivity index (χ2n) is 6.12. The summed E-state index contributed by atoms with van der Waals surface area (Å²) in [6, 6.07) is 5.71. The summed E-state index contributed by atoms with van der Waals surface area (Å²) in [5.41, 5.74) is 5.95. The average Bonchev–Trinajstić information content (AvgIpc) is 2.55. The fraction of sp³-hybridized carbons (Fsp3) is 0.562. The van der Waals surface area contributed by atoms with E-state index in [1.807, 2.05) is 0 Å². The fourth-order valence-corrected chi connectivity index (χ4v) is 4.26. The van der Waals surface area contributed by atoms with Crippen LogP contribution in [-0.2, 0) is 14.8 Å². The predicted octanol–water partition coefficient (Wildman–Crippen LogP) is 2.35. The van der Waals surface area contributed by atoms with Gasteiger partial charge in [-0.15, -0.1) is 12.4 Å². The number of rotatable bonds is 5. The van der Waals surface area contributed by atoms with Gasteiger partial charge in [0.25, 0.3) is 0 Å². The Hall–Kier alpha value is -1.15. The lowest BCUT2D eigenvalue weighted by Crippen LogP contribution is -2.38. The number of carbonyl (C=O) groups is 1. The van der Waals surface area contributed by atoms with Crippen molar-refractivity contribution in [1.82, 2.24) is 4.31 Å². The number of sulfonamides is 1. The van der Waals surface area contributed by atoms with Gasteiger partial charge < -0.3 is 11.1 Å². The second-order valence-corrected chi connectivity index (χ2v) is 8.12. The molecular formula is C16H26ClN3O3S. The van der Waals surface area contributed by atoms with Crippen molar-refractivity contribution in [2.75, 3.05) is 12.4 Å². The molecule has 1 saturated carbocycles. The zero-order valence-electron chi connectivity index (χ0n) is 14.1. The molecule has 0 bridgehead atoms. The number of nitrogens with zero attached hydrogens (tertiary/aromatic N) is 1. The van der Waals surface area contributed by atoms with Gasteiger partial charge in [0.2, 0.25) is 15.9 Å². The SMILES string of the molecule is C[C@@H](N)C(=O)Nc1cccc(S(=O)(=O)N(C)C2CCCCC2)c1.Cl. The lowest BCUT2D eigenvalue weighted by molar-refractivity contribution is -0.117. The first-order valence-corrected chi connectivity index (χ1v) is 9.41. The van der Waals surface area contributed by atoms with Crippen LogP contribution < -0.4 is 11.1 Å². The fourth-order valence-electron chi connectivity index (χ4n) is 2.80. The van der Waals surface area contributed by atoms with Crippen LogP contribution in [0.4, 0.5) is 5.69 Å². The Labute approximate surface area is 150 Å². The molecule has 1 aromatic carbocycles. The summed E-state index contributed by atoms with van der Waals surface area (Å²) in [6.45, 7) is 1.58. The van der Waals surface area contributed by atoms with Crippen LogP contribution in [0.15, 0.2) is 29.2 Å². The third-order valence-corrected chi connectivity index (χ3v) is 6.19. The van der Waals surface area contributed by atoms with Crippen molar-refractivity contribution < 1.29 is 13.2 Å². The summed E-state index contributed by atoms with van der Waals surface area (Å²) in [7, 11) is -1.93. The normalized spacial score (nSPS) is 17.2. The lowest BCUT2D eigenvalue weighted by atomic mass is 9.96. The first kappa shape index (κ1) is 20.9. The van der Waals surface area contributed by atoms with Gasteiger partial charge in [-0.2, -0.15) is 4.31 Å². The number of hydrogen-bond acceptors (Lipinski definition) is 4. The summed E-state index contributed by atoms with van der Waals surface area (Å²) < 4.78 is 27.1. The first-order chi connectivity index (χ1) is 10.8. The summed E-state index contributed by atoms with van der Waals surface area (Å²) >= 11 is 0. The van der Waals surface area contributed by atoms with E-state index in [1.54, 1.807) is 32.2 Å². The highest BCUT2D eigenvalue weighted by Gasteiger charge is 2.29. The number of nitrogens with two attached hydrogens (primary N) is 1. The Balaban J connectivity index is 0.00000288. The molecule has 6 nitrogen and oxygen atoms in total. The number of amides is 1. The van der Waals surface area contributed by atoms with Crippen molar-refractivity contribution in [3.63, 3.8) is 0 Å². The zero-order chi connectivity index (χ0) is 17.0. The van der Waals surface area contributed by atoms with Gasteiger partial charge >= 0.3 is 0 Å².